The Hall–Kier alpha value is -2.77. The molecule has 7 heteroatoms. The van der Waals surface area contributed by atoms with Crippen molar-refractivity contribution in [2.45, 2.75) is 31.3 Å². The summed E-state index contributed by atoms with van der Waals surface area (Å²) in [5, 5.41) is 13.4. The highest BCUT2D eigenvalue weighted by atomic mass is 19.4. The standard InChI is InChI=1S/C24H24F3N2O2/c25-24(26,27)20-7-9-23(28-15-20)31-21-10-12-29(16-21)22-8-6-18(14-19(22)11-13-30)17-4-2-1-3-5-17/h1-9,14-15,21,23,30H,10-13,16H2/q-1/t21-,23?/m0/s1. The normalized spacial score (nSPS) is 21.2. The lowest BCUT2D eigenvalue weighted by Gasteiger charge is -2.34. The minimum Gasteiger partial charge on any atom is -0.662 e. The fourth-order valence-corrected chi connectivity index (χ4v) is 3.96. The van der Waals surface area contributed by atoms with Crippen molar-refractivity contribution in [1.29, 1.82) is 0 Å². The monoisotopic (exact) mass is 429 g/mol. The van der Waals surface area contributed by atoms with Crippen LogP contribution in [-0.2, 0) is 11.2 Å². The third kappa shape index (κ3) is 5.11. The van der Waals surface area contributed by atoms with Gasteiger partial charge in [-0.05, 0) is 41.7 Å². The van der Waals surface area contributed by atoms with Gasteiger partial charge < -0.3 is 20.1 Å². The van der Waals surface area contributed by atoms with Crippen molar-refractivity contribution < 1.29 is 23.0 Å². The van der Waals surface area contributed by atoms with Crippen LogP contribution >= 0.6 is 0 Å². The zero-order valence-corrected chi connectivity index (χ0v) is 16.9. The van der Waals surface area contributed by atoms with E-state index in [1.807, 2.05) is 18.2 Å². The SMILES string of the molecule is OCCc1cc(-c2ccccc2)ccc1N1CC[C@H](OC2C=CC(C(F)(F)F)=C[N-]2)C1. The minimum absolute atomic E-state index is 0.0542. The predicted octanol–water partition coefficient (Wildman–Crippen LogP) is 5.20. The summed E-state index contributed by atoms with van der Waals surface area (Å²) in [6.07, 6.45) is -0.728. The van der Waals surface area contributed by atoms with Gasteiger partial charge in [0.2, 0.25) is 0 Å². The third-order valence-electron chi connectivity index (χ3n) is 5.51. The Balaban J connectivity index is 1.42. The maximum absolute atomic E-state index is 12.7. The van der Waals surface area contributed by atoms with E-state index >= 15 is 0 Å². The van der Waals surface area contributed by atoms with Crippen LogP contribution in [0.3, 0.4) is 0 Å². The van der Waals surface area contributed by atoms with E-state index in [0.717, 1.165) is 47.6 Å². The fourth-order valence-electron chi connectivity index (χ4n) is 3.96. The van der Waals surface area contributed by atoms with E-state index < -0.39 is 18.0 Å². The number of rotatable bonds is 6. The molecule has 1 saturated heterocycles. The van der Waals surface area contributed by atoms with Crippen molar-refractivity contribution in [2.24, 2.45) is 0 Å². The Morgan fingerprint density at radius 3 is 2.58 bits per heavy atom. The summed E-state index contributed by atoms with van der Waals surface area (Å²) in [6.45, 7) is 1.45. The number of hydrogen-bond donors (Lipinski definition) is 1. The van der Waals surface area contributed by atoms with Gasteiger partial charge in [-0.25, -0.2) is 0 Å². The molecule has 1 unspecified atom stereocenters. The molecule has 0 aromatic heterocycles. The molecule has 2 aliphatic rings. The van der Waals surface area contributed by atoms with Gasteiger partial charge in [-0.15, -0.1) is 0 Å². The third-order valence-corrected chi connectivity index (χ3v) is 5.51. The molecule has 1 fully saturated rings. The van der Waals surface area contributed by atoms with E-state index in [4.69, 9.17) is 4.74 Å². The molecule has 0 bridgehead atoms. The molecule has 4 nitrogen and oxygen atoms in total. The zero-order chi connectivity index (χ0) is 21.8. The molecule has 0 radical (unpaired) electrons. The van der Waals surface area contributed by atoms with Crippen molar-refractivity contribution in [1.82, 2.24) is 0 Å². The van der Waals surface area contributed by atoms with Gasteiger partial charge in [-0.1, -0.05) is 48.6 Å². The number of aliphatic hydroxyl groups is 1. The fraction of sp³-hybridized carbons (Fsp3) is 0.333. The number of alkyl halides is 3. The van der Waals surface area contributed by atoms with Gasteiger partial charge >= 0.3 is 6.18 Å². The maximum atomic E-state index is 12.7. The first-order chi connectivity index (χ1) is 14.9. The molecule has 31 heavy (non-hydrogen) atoms. The van der Waals surface area contributed by atoms with Crippen molar-refractivity contribution >= 4 is 5.69 Å². The molecule has 2 aromatic rings. The summed E-state index contributed by atoms with van der Waals surface area (Å²) in [5.74, 6) is 0. The van der Waals surface area contributed by atoms with Gasteiger partial charge in [0.25, 0.3) is 0 Å². The van der Waals surface area contributed by atoms with E-state index in [-0.39, 0.29) is 12.7 Å². The number of benzene rings is 2. The number of allylic oxidation sites excluding steroid dienone is 2. The molecular weight excluding hydrogens is 405 g/mol. The van der Waals surface area contributed by atoms with Crippen LogP contribution in [0, 0.1) is 0 Å². The average Bonchev–Trinajstić information content (AvgIpc) is 3.22. The Morgan fingerprint density at radius 1 is 1.10 bits per heavy atom. The summed E-state index contributed by atoms with van der Waals surface area (Å²) in [4.78, 5) is 2.20. The Morgan fingerprint density at radius 2 is 1.90 bits per heavy atom. The summed E-state index contributed by atoms with van der Waals surface area (Å²) in [6, 6.07) is 16.3. The molecule has 0 amide bonds. The van der Waals surface area contributed by atoms with Gasteiger partial charge in [0.1, 0.15) is 0 Å². The van der Waals surface area contributed by atoms with Gasteiger partial charge in [0, 0.05) is 37.2 Å². The van der Waals surface area contributed by atoms with Crippen LogP contribution in [0.2, 0.25) is 0 Å². The average molecular weight is 429 g/mol. The largest absolute Gasteiger partial charge is 0.662 e. The molecule has 2 aliphatic heterocycles. The highest BCUT2D eigenvalue weighted by molar-refractivity contribution is 5.69. The van der Waals surface area contributed by atoms with Crippen LogP contribution < -0.4 is 4.90 Å². The molecule has 4 rings (SSSR count). The first kappa shape index (κ1) is 21.5. The van der Waals surface area contributed by atoms with Gasteiger partial charge in [-0.2, -0.15) is 19.4 Å². The second-order valence-corrected chi connectivity index (χ2v) is 7.66. The quantitative estimate of drug-likeness (QED) is 0.687. The molecular formula is C24H24F3N2O2-. The second kappa shape index (κ2) is 9.16. The highest BCUT2D eigenvalue weighted by Crippen LogP contribution is 2.33. The van der Waals surface area contributed by atoms with E-state index in [0.29, 0.717) is 13.0 Å². The number of hydrogen-bond acceptors (Lipinski definition) is 3. The molecule has 0 spiro atoms. The minimum atomic E-state index is -4.40. The lowest BCUT2D eigenvalue weighted by molar-refractivity contribution is -0.0886. The van der Waals surface area contributed by atoms with Gasteiger partial charge in [-0.3, -0.25) is 0 Å². The number of aliphatic hydroxyl groups excluding tert-OH is 1. The lowest BCUT2D eigenvalue weighted by Crippen LogP contribution is -2.27. The van der Waals surface area contributed by atoms with Crippen LogP contribution in [0.1, 0.15) is 12.0 Å². The first-order valence-corrected chi connectivity index (χ1v) is 10.3. The number of nitrogens with zero attached hydrogens (tertiary/aromatic N) is 2. The molecule has 1 N–H and O–H groups in total. The van der Waals surface area contributed by atoms with E-state index in [2.05, 4.69) is 40.5 Å². The van der Waals surface area contributed by atoms with Crippen LogP contribution in [-0.4, -0.2) is 43.3 Å². The number of anilines is 1. The Bertz CT molecular complexity index is 957. The molecule has 0 aliphatic carbocycles. The summed E-state index contributed by atoms with van der Waals surface area (Å²) < 4.78 is 44.0. The van der Waals surface area contributed by atoms with Crippen molar-refractivity contribution in [3.63, 3.8) is 0 Å². The Labute approximate surface area is 179 Å². The predicted molar refractivity (Wildman–Crippen MR) is 115 cm³/mol. The van der Waals surface area contributed by atoms with Gasteiger partial charge in [0.15, 0.2) is 0 Å². The van der Waals surface area contributed by atoms with E-state index in [1.54, 1.807) is 0 Å². The van der Waals surface area contributed by atoms with Crippen molar-refractivity contribution in [2.75, 3.05) is 24.6 Å². The topological polar surface area (TPSA) is 46.8 Å². The van der Waals surface area contributed by atoms with E-state index in [9.17, 15) is 18.3 Å². The molecule has 0 saturated carbocycles. The number of halogens is 3. The molecule has 2 aromatic carbocycles. The Kier molecular flexibility index (Phi) is 6.34. The molecule has 2 heterocycles. The zero-order valence-electron chi connectivity index (χ0n) is 16.9. The van der Waals surface area contributed by atoms with Crippen molar-refractivity contribution in [3.05, 3.63) is 83.3 Å². The van der Waals surface area contributed by atoms with Crippen LogP contribution in [0.4, 0.5) is 18.9 Å². The summed E-state index contributed by atoms with van der Waals surface area (Å²) >= 11 is 0. The molecule has 164 valence electrons. The summed E-state index contributed by atoms with van der Waals surface area (Å²) in [5.41, 5.74) is 3.55. The highest BCUT2D eigenvalue weighted by Gasteiger charge is 2.31. The van der Waals surface area contributed by atoms with E-state index in [1.165, 1.54) is 6.08 Å². The second-order valence-electron chi connectivity index (χ2n) is 7.66. The van der Waals surface area contributed by atoms with Crippen molar-refractivity contribution in [3.8, 4) is 11.1 Å². The summed E-state index contributed by atoms with van der Waals surface area (Å²) in [7, 11) is 0. The molecule has 2 atom stereocenters. The van der Waals surface area contributed by atoms with Crippen LogP contribution in [0.15, 0.2) is 72.5 Å². The van der Waals surface area contributed by atoms with Crippen LogP contribution in [0.25, 0.3) is 16.4 Å². The number of ether oxygens (including phenoxy) is 1. The van der Waals surface area contributed by atoms with Crippen LogP contribution in [0.5, 0.6) is 0 Å². The lowest BCUT2D eigenvalue weighted by atomic mass is 10.00. The van der Waals surface area contributed by atoms with Gasteiger partial charge in [0.05, 0.1) is 6.10 Å². The first-order valence-electron chi connectivity index (χ1n) is 10.3. The smallest absolute Gasteiger partial charge is 0.414 e. The maximum Gasteiger partial charge on any atom is 0.414 e.